The molecule has 6 rings (SSSR count). The maximum atomic E-state index is 4.42. The minimum absolute atomic E-state index is 0.630. The zero-order chi connectivity index (χ0) is 25.8. The smallest absolute Gasteiger partial charge is 0.165 e. The molecule has 0 fully saturated rings. The van der Waals surface area contributed by atoms with Gasteiger partial charge in [-0.2, -0.15) is 10.2 Å². The standard InChI is InChI=1S/2C15H12N4/c2*1-2-6-12(7-3-1)10-17-19-15-11-16-13-8-4-5-9-14(13)18-15/h2*1-11H,(H,18,19)/b2*17-10+. The Labute approximate surface area is 219 Å². The lowest BCUT2D eigenvalue weighted by Gasteiger charge is -2.00. The lowest BCUT2D eigenvalue weighted by atomic mass is 10.2. The third-order valence-corrected chi connectivity index (χ3v) is 5.28. The first kappa shape index (κ1) is 24.2. The van der Waals surface area contributed by atoms with Crippen LogP contribution in [0, 0.1) is 0 Å². The van der Waals surface area contributed by atoms with E-state index in [4.69, 9.17) is 0 Å². The van der Waals surface area contributed by atoms with Crippen LogP contribution in [0.4, 0.5) is 11.6 Å². The molecule has 2 aromatic heterocycles. The molecule has 4 aromatic carbocycles. The van der Waals surface area contributed by atoms with Crippen LogP contribution in [0.15, 0.2) is 132 Å². The van der Waals surface area contributed by atoms with Crippen molar-refractivity contribution in [3.8, 4) is 0 Å². The minimum atomic E-state index is 0.630. The molecule has 0 atom stereocenters. The summed E-state index contributed by atoms with van der Waals surface area (Å²) < 4.78 is 0. The number of hydrazone groups is 2. The molecule has 8 nitrogen and oxygen atoms in total. The van der Waals surface area contributed by atoms with Crippen molar-refractivity contribution < 1.29 is 0 Å². The molecule has 0 aliphatic carbocycles. The fourth-order valence-electron chi connectivity index (χ4n) is 3.45. The maximum Gasteiger partial charge on any atom is 0.165 e. The van der Waals surface area contributed by atoms with E-state index in [1.165, 1.54) is 0 Å². The molecule has 0 unspecified atom stereocenters. The monoisotopic (exact) mass is 496 g/mol. The highest BCUT2D eigenvalue weighted by molar-refractivity contribution is 5.81. The predicted octanol–water partition coefficient (Wildman–Crippen LogP) is 6.15. The first-order valence-electron chi connectivity index (χ1n) is 12.0. The highest BCUT2D eigenvalue weighted by atomic mass is 15.3. The number of rotatable bonds is 6. The van der Waals surface area contributed by atoms with Gasteiger partial charge in [-0.1, -0.05) is 84.9 Å². The van der Waals surface area contributed by atoms with Crippen LogP contribution in [0.1, 0.15) is 11.1 Å². The van der Waals surface area contributed by atoms with E-state index in [1.54, 1.807) is 24.8 Å². The van der Waals surface area contributed by atoms with Crippen LogP contribution in [0.5, 0.6) is 0 Å². The Hall–Kier alpha value is -5.50. The Balaban J connectivity index is 0.000000155. The van der Waals surface area contributed by atoms with Gasteiger partial charge in [0.15, 0.2) is 11.6 Å². The number of hydrogen-bond donors (Lipinski definition) is 2. The Morgan fingerprint density at radius 3 is 1.24 bits per heavy atom. The van der Waals surface area contributed by atoms with Gasteiger partial charge in [0.2, 0.25) is 0 Å². The summed E-state index contributed by atoms with van der Waals surface area (Å²) >= 11 is 0. The van der Waals surface area contributed by atoms with Crippen LogP contribution in [0.2, 0.25) is 0 Å². The van der Waals surface area contributed by atoms with Crippen molar-refractivity contribution in [2.75, 3.05) is 10.9 Å². The van der Waals surface area contributed by atoms with Crippen LogP contribution in [-0.4, -0.2) is 32.4 Å². The summed E-state index contributed by atoms with van der Waals surface area (Å²) in [6.45, 7) is 0. The van der Waals surface area contributed by atoms with Gasteiger partial charge in [-0.3, -0.25) is 20.8 Å². The zero-order valence-corrected chi connectivity index (χ0v) is 20.4. The molecule has 0 amide bonds. The van der Waals surface area contributed by atoms with Gasteiger partial charge >= 0.3 is 0 Å². The number of para-hydroxylation sites is 4. The van der Waals surface area contributed by atoms with Crippen molar-refractivity contribution in [3.63, 3.8) is 0 Å². The normalized spacial score (nSPS) is 10.9. The third-order valence-electron chi connectivity index (χ3n) is 5.28. The fourth-order valence-corrected chi connectivity index (χ4v) is 3.45. The van der Waals surface area contributed by atoms with Crippen molar-refractivity contribution >= 4 is 46.1 Å². The number of hydrogen-bond acceptors (Lipinski definition) is 8. The lowest BCUT2D eigenvalue weighted by molar-refractivity contribution is 1.22. The van der Waals surface area contributed by atoms with Crippen molar-refractivity contribution in [1.82, 2.24) is 19.9 Å². The molecule has 0 aliphatic rings. The Kier molecular flexibility index (Phi) is 7.94. The van der Waals surface area contributed by atoms with Crippen LogP contribution in [0.3, 0.4) is 0 Å². The highest BCUT2D eigenvalue weighted by Crippen LogP contribution is 2.12. The Bertz CT molecular complexity index is 1540. The molecule has 184 valence electrons. The molecule has 0 spiro atoms. The van der Waals surface area contributed by atoms with Crippen LogP contribution >= 0.6 is 0 Å². The number of aromatic nitrogens is 4. The molecule has 0 bridgehead atoms. The molecule has 2 heterocycles. The molecule has 8 heteroatoms. The third kappa shape index (κ3) is 6.79. The van der Waals surface area contributed by atoms with Crippen molar-refractivity contribution in [2.45, 2.75) is 0 Å². The summed E-state index contributed by atoms with van der Waals surface area (Å²) in [4.78, 5) is 17.5. The van der Waals surface area contributed by atoms with Gasteiger partial charge < -0.3 is 0 Å². The van der Waals surface area contributed by atoms with Gasteiger partial charge in [-0.05, 0) is 35.4 Å². The van der Waals surface area contributed by atoms with Gasteiger partial charge in [0.1, 0.15) is 0 Å². The molecular weight excluding hydrogens is 472 g/mol. The summed E-state index contributed by atoms with van der Waals surface area (Å²) in [5, 5.41) is 8.28. The molecule has 2 N–H and O–H groups in total. The minimum Gasteiger partial charge on any atom is -0.260 e. The topological polar surface area (TPSA) is 100 Å². The van der Waals surface area contributed by atoms with Gasteiger partial charge in [0.05, 0.1) is 46.9 Å². The second-order valence-electron chi connectivity index (χ2n) is 8.05. The van der Waals surface area contributed by atoms with E-state index in [2.05, 4.69) is 41.0 Å². The first-order chi connectivity index (χ1) is 18.8. The van der Waals surface area contributed by atoms with Crippen LogP contribution < -0.4 is 10.9 Å². The van der Waals surface area contributed by atoms with Gasteiger partial charge in [-0.25, -0.2) is 9.97 Å². The quantitative estimate of drug-likeness (QED) is 0.212. The number of benzene rings is 4. The van der Waals surface area contributed by atoms with Gasteiger partial charge in [-0.15, -0.1) is 0 Å². The van der Waals surface area contributed by atoms with E-state index in [0.717, 1.165) is 33.2 Å². The summed E-state index contributed by atoms with van der Waals surface area (Å²) in [6, 6.07) is 35.2. The summed E-state index contributed by atoms with van der Waals surface area (Å²) in [7, 11) is 0. The number of fused-ring (bicyclic) bond motifs is 2. The van der Waals surface area contributed by atoms with Gasteiger partial charge in [0, 0.05) is 0 Å². The molecular formula is C30H24N8. The summed E-state index contributed by atoms with van der Waals surface area (Å²) in [6.07, 6.45) is 6.84. The second-order valence-corrected chi connectivity index (χ2v) is 8.05. The van der Waals surface area contributed by atoms with E-state index in [0.29, 0.717) is 11.6 Å². The zero-order valence-electron chi connectivity index (χ0n) is 20.4. The largest absolute Gasteiger partial charge is 0.260 e. The average Bonchev–Trinajstić information content (AvgIpc) is 2.98. The number of anilines is 2. The van der Waals surface area contributed by atoms with E-state index in [1.807, 2.05) is 109 Å². The summed E-state index contributed by atoms with van der Waals surface area (Å²) in [5.74, 6) is 1.26. The van der Waals surface area contributed by atoms with E-state index >= 15 is 0 Å². The lowest BCUT2D eigenvalue weighted by Crippen LogP contribution is -1.95. The molecule has 0 radical (unpaired) electrons. The van der Waals surface area contributed by atoms with Crippen LogP contribution in [0.25, 0.3) is 22.1 Å². The van der Waals surface area contributed by atoms with Crippen LogP contribution in [-0.2, 0) is 0 Å². The van der Waals surface area contributed by atoms with Gasteiger partial charge in [0.25, 0.3) is 0 Å². The highest BCUT2D eigenvalue weighted by Gasteiger charge is 1.98. The van der Waals surface area contributed by atoms with Crippen molar-refractivity contribution in [2.24, 2.45) is 10.2 Å². The van der Waals surface area contributed by atoms with E-state index < -0.39 is 0 Å². The Morgan fingerprint density at radius 2 is 0.816 bits per heavy atom. The number of nitrogens with zero attached hydrogens (tertiary/aromatic N) is 6. The molecule has 38 heavy (non-hydrogen) atoms. The SMILES string of the molecule is C(=N\Nc1cnc2ccccc2n1)/c1ccccc1.C(=N\Nc1cnc2ccccc2n1)/c1ccccc1. The van der Waals surface area contributed by atoms with E-state index in [9.17, 15) is 0 Å². The maximum absolute atomic E-state index is 4.42. The first-order valence-corrected chi connectivity index (χ1v) is 12.0. The average molecular weight is 497 g/mol. The molecule has 6 aromatic rings. The second kappa shape index (κ2) is 12.5. The predicted molar refractivity (Wildman–Crippen MR) is 154 cm³/mol. The van der Waals surface area contributed by atoms with E-state index in [-0.39, 0.29) is 0 Å². The molecule has 0 saturated carbocycles. The Morgan fingerprint density at radius 1 is 0.447 bits per heavy atom. The van der Waals surface area contributed by atoms with Crippen molar-refractivity contribution in [1.29, 1.82) is 0 Å². The van der Waals surface area contributed by atoms with Crippen molar-refractivity contribution in [3.05, 3.63) is 133 Å². The number of nitrogens with one attached hydrogen (secondary N) is 2. The molecule has 0 saturated heterocycles. The fraction of sp³-hybridized carbons (Fsp3) is 0. The molecule has 0 aliphatic heterocycles. The summed E-state index contributed by atoms with van der Waals surface area (Å²) in [5.41, 5.74) is 11.3.